The standard InChI is InChI=1S/C14H26N2O2/c1-14(13(15)17,16-11-8-9-11)10-18-12-6-4-2-3-5-7-12/h11-12,16H,2-10H2,1H3,(H2,15,17). The zero-order valence-electron chi connectivity index (χ0n) is 11.4. The molecule has 0 bridgehead atoms. The van der Waals surface area contributed by atoms with Crippen LogP contribution >= 0.6 is 0 Å². The molecule has 0 saturated heterocycles. The van der Waals surface area contributed by atoms with Crippen molar-refractivity contribution in [1.29, 1.82) is 0 Å². The molecule has 0 heterocycles. The van der Waals surface area contributed by atoms with Crippen molar-refractivity contribution in [3.8, 4) is 0 Å². The Morgan fingerprint density at radius 3 is 2.33 bits per heavy atom. The molecule has 1 atom stereocenters. The predicted molar refractivity (Wildman–Crippen MR) is 71.2 cm³/mol. The maximum Gasteiger partial charge on any atom is 0.239 e. The Morgan fingerprint density at radius 2 is 1.83 bits per heavy atom. The molecule has 0 radical (unpaired) electrons. The zero-order valence-corrected chi connectivity index (χ0v) is 11.4. The summed E-state index contributed by atoms with van der Waals surface area (Å²) < 4.78 is 5.95. The van der Waals surface area contributed by atoms with E-state index in [-0.39, 0.29) is 5.91 Å². The van der Waals surface area contributed by atoms with Gasteiger partial charge < -0.3 is 10.5 Å². The van der Waals surface area contributed by atoms with Crippen molar-refractivity contribution in [2.24, 2.45) is 5.73 Å². The SMILES string of the molecule is CC(COC1CCCCCC1)(NC1CC1)C(N)=O. The third-order valence-electron chi connectivity index (χ3n) is 4.05. The number of rotatable bonds is 6. The van der Waals surface area contributed by atoms with Gasteiger partial charge in [-0.25, -0.2) is 0 Å². The number of carbonyl (C=O) groups is 1. The lowest BCUT2D eigenvalue weighted by atomic mass is 10.0. The van der Waals surface area contributed by atoms with Crippen LogP contribution in [0.15, 0.2) is 0 Å². The Labute approximate surface area is 110 Å². The highest BCUT2D eigenvalue weighted by atomic mass is 16.5. The average molecular weight is 254 g/mol. The number of nitrogens with two attached hydrogens (primary N) is 1. The van der Waals surface area contributed by atoms with Crippen LogP contribution in [0.3, 0.4) is 0 Å². The molecule has 2 saturated carbocycles. The lowest BCUT2D eigenvalue weighted by Gasteiger charge is -2.29. The number of primary amides is 1. The smallest absolute Gasteiger partial charge is 0.239 e. The Bertz CT molecular complexity index is 284. The van der Waals surface area contributed by atoms with E-state index in [0.29, 0.717) is 18.8 Å². The van der Waals surface area contributed by atoms with E-state index in [1.54, 1.807) is 0 Å². The van der Waals surface area contributed by atoms with Crippen LogP contribution in [0.2, 0.25) is 0 Å². The summed E-state index contributed by atoms with van der Waals surface area (Å²) in [7, 11) is 0. The molecule has 2 aliphatic rings. The van der Waals surface area contributed by atoms with Gasteiger partial charge in [0, 0.05) is 6.04 Å². The summed E-state index contributed by atoms with van der Waals surface area (Å²) in [5.41, 5.74) is 4.81. The van der Waals surface area contributed by atoms with Gasteiger partial charge in [0.1, 0.15) is 5.54 Å². The molecule has 4 heteroatoms. The molecule has 2 aliphatic carbocycles. The molecule has 2 rings (SSSR count). The van der Waals surface area contributed by atoms with E-state index in [0.717, 1.165) is 25.7 Å². The molecule has 0 aromatic rings. The van der Waals surface area contributed by atoms with Gasteiger partial charge in [0.2, 0.25) is 5.91 Å². The number of hydrogen-bond donors (Lipinski definition) is 2. The summed E-state index contributed by atoms with van der Waals surface area (Å²) in [5, 5.41) is 3.32. The second kappa shape index (κ2) is 6.02. The Balaban J connectivity index is 1.82. The van der Waals surface area contributed by atoms with Gasteiger partial charge in [-0.15, -0.1) is 0 Å². The van der Waals surface area contributed by atoms with Crippen molar-refractivity contribution in [1.82, 2.24) is 5.32 Å². The van der Waals surface area contributed by atoms with E-state index in [4.69, 9.17) is 10.5 Å². The van der Waals surface area contributed by atoms with Crippen molar-refractivity contribution >= 4 is 5.91 Å². The van der Waals surface area contributed by atoms with Crippen LogP contribution in [0.4, 0.5) is 0 Å². The van der Waals surface area contributed by atoms with Gasteiger partial charge in [-0.1, -0.05) is 25.7 Å². The molecule has 2 fully saturated rings. The Kier molecular flexibility index (Phi) is 4.62. The number of nitrogens with one attached hydrogen (secondary N) is 1. The van der Waals surface area contributed by atoms with Crippen molar-refractivity contribution < 1.29 is 9.53 Å². The van der Waals surface area contributed by atoms with Gasteiger partial charge in [-0.3, -0.25) is 10.1 Å². The number of amides is 1. The van der Waals surface area contributed by atoms with E-state index in [9.17, 15) is 4.79 Å². The van der Waals surface area contributed by atoms with Gasteiger partial charge in [0.25, 0.3) is 0 Å². The molecule has 18 heavy (non-hydrogen) atoms. The highest BCUT2D eigenvalue weighted by Gasteiger charge is 2.37. The summed E-state index contributed by atoms with van der Waals surface area (Å²) in [4.78, 5) is 11.6. The Morgan fingerprint density at radius 1 is 1.22 bits per heavy atom. The highest BCUT2D eigenvalue weighted by molar-refractivity contribution is 5.84. The summed E-state index contributed by atoms with van der Waals surface area (Å²) in [5.74, 6) is -0.303. The van der Waals surface area contributed by atoms with Crippen LogP contribution in [0.5, 0.6) is 0 Å². The summed E-state index contributed by atoms with van der Waals surface area (Å²) in [6, 6.07) is 0.459. The fourth-order valence-electron chi connectivity index (χ4n) is 2.56. The second-order valence-corrected chi connectivity index (χ2v) is 6.04. The van der Waals surface area contributed by atoms with Crippen LogP contribution < -0.4 is 11.1 Å². The van der Waals surface area contributed by atoms with Crippen LogP contribution in [0, 0.1) is 0 Å². The predicted octanol–water partition coefficient (Wildman–Crippen LogP) is 1.72. The third-order valence-corrected chi connectivity index (χ3v) is 4.05. The van der Waals surface area contributed by atoms with E-state index >= 15 is 0 Å². The first kappa shape index (κ1) is 13.8. The lowest BCUT2D eigenvalue weighted by molar-refractivity contribution is -0.127. The van der Waals surface area contributed by atoms with Crippen LogP contribution in [0.25, 0.3) is 0 Å². The first-order valence-corrected chi connectivity index (χ1v) is 7.29. The number of ether oxygens (including phenoxy) is 1. The monoisotopic (exact) mass is 254 g/mol. The minimum absolute atomic E-state index is 0.303. The molecule has 0 aromatic carbocycles. The molecular formula is C14H26N2O2. The molecular weight excluding hydrogens is 228 g/mol. The number of hydrogen-bond acceptors (Lipinski definition) is 3. The fourth-order valence-corrected chi connectivity index (χ4v) is 2.56. The van der Waals surface area contributed by atoms with E-state index in [1.807, 2.05) is 6.92 Å². The quantitative estimate of drug-likeness (QED) is 0.709. The summed E-state index contributed by atoms with van der Waals surface area (Å²) in [6.07, 6.45) is 9.96. The first-order valence-electron chi connectivity index (χ1n) is 7.29. The molecule has 0 spiro atoms. The van der Waals surface area contributed by atoms with E-state index < -0.39 is 5.54 Å². The molecule has 4 nitrogen and oxygen atoms in total. The molecule has 0 aromatic heterocycles. The van der Waals surface area contributed by atoms with E-state index in [2.05, 4.69) is 5.32 Å². The van der Waals surface area contributed by atoms with Crippen molar-refractivity contribution in [2.45, 2.75) is 76.0 Å². The normalized spacial score (nSPS) is 25.4. The van der Waals surface area contributed by atoms with Gasteiger partial charge in [-0.2, -0.15) is 0 Å². The van der Waals surface area contributed by atoms with Crippen molar-refractivity contribution in [3.63, 3.8) is 0 Å². The molecule has 0 aliphatic heterocycles. The minimum atomic E-state index is -0.701. The van der Waals surface area contributed by atoms with Gasteiger partial charge in [-0.05, 0) is 32.6 Å². The van der Waals surface area contributed by atoms with Crippen LogP contribution in [-0.4, -0.2) is 30.2 Å². The first-order chi connectivity index (χ1) is 8.60. The van der Waals surface area contributed by atoms with E-state index in [1.165, 1.54) is 25.7 Å². The van der Waals surface area contributed by atoms with Crippen LogP contribution in [0.1, 0.15) is 58.3 Å². The third kappa shape index (κ3) is 3.95. The van der Waals surface area contributed by atoms with Crippen molar-refractivity contribution in [2.75, 3.05) is 6.61 Å². The molecule has 1 unspecified atom stereocenters. The topological polar surface area (TPSA) is 64.3 Å². The highest BCUT2D eigenvalue weighted by Crippen LogP contribution is 2.24. The molecule has 3 N–H and O–H groups in total. The summed E-state index contributed by atoms with van der Waals surface area (Å²) in [6.45, 7) is 2.27. The van der Waals surface area contributed by atoms with Crippen LogP contribution in [-0.2, 0) is 9.53 Å². The maximum atomic E-state index is 11.6. The van der Waals surface area contributed by atoms with Gasteiger partial charge >= 0.3 is 0 Å². The van der Waals surface area contributed by atoms with Gasteiger partial charge in [0.05, 0.1) is 12.7 Å². The van der Waals surface area contributed by atoms with Crippen molar-refractivity contribution in [3.05, 3.63) is 0 Å². The Hall–Kier alpha value is -0.610. The molecule has 104 valence electrons. The fraction of sp³-hybridized carbons (Fsp3) is 0.929. The average Bonchev–Trinajstić information content (AvgIpc) is 3.13. The van der Waals surface area contributed by atoms with Gasteiger partial charge in [0.15, 0.2) is 0 Å². The second-order valence-electron chi connectivity index (χ2n) is 6.04. The lowest BCUT2D eigenvalue weighted by Crippen LogP contribution is -2.57. The summed E-state index contributed by atoms with van der Waals surface area (Å²) >= 11 is 0. The maximum absolute atomic E-state index is 11.6. The number of carbonyl (C=O) groups excluding carboxylic acids is 1. The minimum Gasteiger partial charge on any atom is -0.376 e. The zero-order chi connectivity index (χ0) is 13.0. The molecule has 1 amide bonds. The largest absolute Gasteiger partial charge is 0.376 e.